The van der Waals surface area contributed by atoms with Crippen LogP contribution in [0, 0.1) is 0 Å². The molecule has 3 aromatic rings. The first kappa shape index (κ1) is 13.7. The molecule has 2 heteroatoms. The summed E-state index contributed by atoms with van der Waals surface area (Å²) in [6.07, 6.45) is 0. The third-order valence-electron chi connectivity index (χ3n) is 3.15. The number of hydrogen-bond acceptors (Lipinski definition) is 1. The van der Waals surface area contributed by atoms with Crippen LogP contribution in [0.4, 0.5) is 0 Å². The molecule has 0 saturated heterocycles. The Hall–Kier alpha value is -2.32. The Kier molecular flexibility index (Phi) is 4.17. The minimum Gasteiger partial charge on any atom is -0.230 e. The van der Waals surface area contributed by atoms with Crippen LogP contribution in [-0.2, 0) is 10.9 Å². The van der Waals surface area contributed by atoms with E-state index in [4.69, 9.17) is 0 Å². The zero-order chi connectivity index (χ0) is 14.5. The van der Waals surface area contributed by atoms with Gasteiger partial charge in [-0.15, -0.1) is 0 Å². The maximum absolute atomic E-state index is 13.0. The molecule has 0 aliphatic heterocycles. The van der Waals surface area contributed by atoms with Gasteiger partial charge in [0.2, 0.25) is 0 Å². The van der Waals surface area contributed by atoms with Gasteiger partial charge in [0.15, 0.2) is 9.79 Å². The van der Waals surface area contributed by atoms with Crippen molar-refractivity contribution in [1.29, 1.82) is 0 Å². The molecule has 0 aliphatic carbocycles. The summed E-state index contributed by atoms with van der Waals surface area (Å²) in [6.45, 7) is 0. The van der Waals surface area contributed by atoms with Crippen LogP contribution in [0.15, 0.2) is 101 Å². The van der Waals surface area contributed by atoms with Crippen LogP contribution in [-0.4, -0.2) is 5.12 Å². The van der Waals surface area contributed by atoms with Crippen molar-refractivity contribution in [3.63, 3.8) is 0 Å². The molecule has 21 heavy (non-hydrogen) atoms. The molecule has 0 N–H and O–H groups in total. The molecule has 0 fully saturated rings. The van der Waals surface area contributed by atoms with E-state index in [-0.39, 0.29) is 5.12 Å². The first-order valence-electron chi connectivity index (χ1n) is 6.80. The standard InChI is InChI=1S/C19H15OS/c20-19(16-10-4-1-5-11-16)21(17-12-6-2-7-13-17)18-14-8-3-9-15-18/h1-15H/q+1. The van der Waals surface area contributed by atoms with E-state index in [1.165, 1.54) is 0 Å². The lowest BCUT2D eigenvalue weighted by Crippen LogP contribution is -2.16. The minimum absolute atomic E-state index is 0.160. The summed E-state index contributed by atoms with van der Waals surface area (Å²) in [5, 5.41) is 0.160. The third-order valence-corrected chi connectivity index (χ3v) is 5.25. The van der Waals surface area contributed by atoms with Gasteiger partial charge in [0.1, 0.15) is 10.9 Å². The number of hydrogen-bond donors (Lipinski definition) is 0. The number of benzene rings is 3. The first-order chi connectivity index (χ1) is 10.4. The molecule has 0 atom stereocenters. The molecule has 0 spiro atoms. The Balaban J connectivity index is 2.07. The molecule has 0 aromatic heterocycles. The molecule has 0 unspecified atom stereocenters. The largest absolute Gasteiger partial charge is 0.373 e. The third kappa shape index (κ3) is 3.06. The minimum atomic E-state index is -0.586. The fraction of sp³-hybridized carbons (Fsp3) is 0. The number of rotatable bonds is 3. The lowest BCUT2D eigenvalue weighted by molar-refractivity contribution is 0.108. The molecule has 1 nitrogen and oxygen atoms in total. The molecule has 0 saturated carbocycles. The summed E-state index contributed by atoms with van der Waals surface area (Å²) >= 11 is 0. The van der Waals surface area contributed by atoms with Gasteiger partial charge in [-0.3, -0.25) is 0 Å². The van der Waals surface area contributed by atoms with Crippen molar-refractivity contribution in [2.24, 2.45) is 0 Å². The Labute approximate surface area is 127 Å². The van der Waals surface area contributed by atoms with Crippen LogP contribution in [0.3, 0.4) is 0 Å². The molecule has 0 aliphatic rings. The van der Waals surface area contributed by atoms with Crippen LogP contribution in [0.1, 0.15) is 10.4 Å². The van der Waals surface area contributed by atoms with Gasteiger partial charge in [-0.1, -0.05) is 54.6 Å². The van der Waals surface area contributed by atoms with Crippen molar-refractivity contribution in [2.45, 2.75) is 9.79 Å². The summed E-state index contributed by atoms with van der Waals surface area (Å²) in [4.78, 5) is 15.1. The highest BCUT2D eigenvalue weighted by molar-refractivity contribution is 8.11. The highest BCUT2D eigenvalue weighted by atomic mass is 32.2. The summed E-state index contributed by atoms with van der Waals surface area (Å²) < 4.78 is 0. The SMILES string of the molecule is O=C(c1ccccc1)[S+](c1ccccc1)c1ccccc1. The second-order valence-corrected chi connectivity index (χ2v) is 6.51. The van der Waals surface area contributed by atoms with Gasteiger partial charge in [-0.05, 0) is 36.4 Å². The average Bonchev–Trinajstić information content (AvgIpc) is 2.58. The van der Waals surface area contributed by atoms with Gasteiger partial charge in [0.25, 0.3) is 0 Å². The van der Waals surface area contributed by atoms with Crippen LogP contribution < -0.4 is 0 Å². The van der Waals surface area contributed by atoms with Crippen molar-refractivity contribution in [3.8, 4) is 0 Å². The fourth-order valence-electron chi connectivity index (χ4n) is 2.16. The predicted octanol–water partition coefficient (Wildman–Crippen LogP) is 4.56. The smallest absolute Gasteiger partial charge is 0.230 e. The van der Waals surface area contributed by atoms with Crippen molar-refractivity contribution in [3.05, 3.63) is 96.6 Å². The quantitative estimate of drug-likeness (QED) is 0.646. The van der Waals surface area contributed by atoms with Gasteiger partial charge in [0, 0.05) is 0 Å². The van der Waals surface area contributed by atoms with E-state index in [2.05, 4.69) is 0 Å². The molecule has 0 radical (unpaired) electrons. The Morgan fingerprint density at radius 3 is 1.38 bits per heavy atom. The second-order valence-electron chi connectivity index (χ2n) is 4.59. The maximum Gasteiger partial charge on any atom is 0.373 e. The van der Waals surface area contributed by atoms with Gasteiger partial charge >= 0.3 is 5.12 Å². The molecule has 0 heterocycles. The van der Waals surface area contributed by atoms with Crippen molar-refractivity contribution >= 4 is 16.0 Å². The van der Waals surface area contributed by atoms with Gasteiger partial charge in [-0.2, -0.15) is 0 Å². The van der Waals surface area contributed by atoms with E-state index in [9.17, 15) is 4.79 Å². The highest BCUT2D eigenvalue weighted by Gasteiger charge is 2.35. The van der Waals surface area contributed by atoms with Crippen LogP contribution in [0.5, 0.6) is 0 Å². The van der Waals surface area contributed by atoms with E-state index < -0.39 is 10.9 Å². The molecule has 3 rings (SSSR count). The lowest BCUT2D eigenvalue weighted by atomic mass is 10.2. The summed E-state index contributed by atoms with van der Waals surface area (Å²) in [7, 11) is -0.586. The fourth-order valence-corrected chi connectivity index (χ4v) is 4.09. The second kappa shape index (κ2) is 6.42. The molecule has 0 bridgehead atoms. The van der Waals surface area contributed by atoms with Crippen molar-refractivity contribution < 1.29 is 4.79 Å². The maximum atomic E-state index is 13.0. The van der Waals surface area contributed by atoms with Crippen LogP contribution >= 0.6 is 0 Å². The molecule has 3 aromatic carbocycles. The highest BCUT2D eigenvalue weighted by Crippen LogP contribution is 2.26. The van der Waals surface area contributed by atoms with Gasteiger partial charge in [-0.25, -0.2) is 4.79 Å². The zero-order valence-electron chi connectivity index (χ0n) is 11.5. The monoisotopic (exact) mass is 291 g/mol. The molecule has 102 valence electrons. The van der Waals surface area contributed by atoms with Crippen molar-refractivity contribution in [2.75, 3.05) is 0 Å². The van der Waals surface area contributed by atoms with E-state index in [1.54, 1.807) is 0 Å². The van der Waals surface area contributed by atoms with E-state index in [0.717, 1.165) is 15.4 Å². The van der Waals surface area contributed by atoms with Gasteiger partial charge in [0.05, 0.1) is 5.56 Å². The molecule has 0 amide bonds. The lowest BCUT2D eigenvalue weighted by Gasteiger charge is -2.06. The average molecular weight is 291 g/mol. The van der Waals surface area contributed by atoms with E-state index >= 15 is 0 Å². The van der Waals surface area contributed by atoms with Gasteiger partial charge < -0.3 is 0 Å². The molecular formula is C19H15OS+. The Morgan fingerprint density at radius 1 is 0.571 bits per heavy atom. The van der Waals surface area contributed by atoms with E-state index in [0.29, 0.717) is 0 Å². The summed E-state index contributed by atoms with van der Waals surface area (Å²) in [5.41, 5.74) is 0.758. The normalized spacial score (nSPS) is 10.5. The van der Waals surface area contributed by atoms with Crippen LogP contribution in [0.2, 0.25) is 0 Å². The van der Waals surface area contributed by atoms with Crippen molar-refractivity contribution in [1.82, 2.24) is 0 Å². The Morgan fingerprint density at radius 2 is 0.952 bits per heavy atom. The number of carbonyl (C=O) groups excluding carboxylic acids is 1. The Bertz CT molecular complexity index is 669. The van der Waals surface area contributed by atoms with Crippen LogP contribution in [0.25, 0.3) is 0 Å². The molecular weight excluding hydrogens is 276 g/mol. The van der Waals surface area contributed by atoms with E-state index in [1.807, 2.05) is 91.0 Å². The predicted molar refractivity (Wildman–Crippen MR) is 87.6 cm³/mol. The topological polar surface area (TPSA) is 17.1 Å². The summed E-state index contributed by atoms with van der Waals surface area (Å²) in [5.74, 6) is 0. The number of carbonyl (C=O) groups is 1. The first-order valence-corrected chi connectivity index (χ1v) is 8.02. The zero-order valence-corrected chi connectivity index (χ0v) is 12.3. The summed E-state index contributed by atoms with van der Waals surface area (Å²) in [6, 6.07) is 29.5.